The van der Waals surface area contributed by atoms with E-state index in [0.29, 0.717) is 23.6 Å². The molecule has 0 unspecified atom stereocenters. The zero-order valence-corrected chi connectivity index (χ0v) is 15.8. The monoisotopic (exact) mass is 408 g/mol. The molecular weight excluding hydrogens is 384 g/mol. The number of β-amino-alcohol motifs (C(OH)–C–C–N with tert-alkyl or cyclic N) is 1. The Bertz CT molecular complexity index is 742. The molecule has 1 saturated carbocycles. The molecule has 2 fully saturated rings. The summed E-state index contributed by atoms with van der Waals surface area (Å²) in [5.74, 6) is 1.25. The molecule has 2 aliphatic rings. The molecule has 6 nitrogen and oxygen atoms in total. The van der Waals surface area contributed by atoms with Crippen molar-refractivity contribution in [3.05, 3.63) is 16.7 Å². The number of aliphatic hydroxyl groups excluding tert-OH is 1. The lowest BCUT2D eigenvalue weighted by molar-refractivity contribution is 0.0352. The Balaban J connectivity index is 1.38. The third kappa shape index (κ3) is 3.64. The van der Waals surface area contributed by atoms with Gasteiger partial charge in [-0.05, 0) is 61.0 Å². The van der Waals surface area contributed by atoms with Gasteiger partial charge in [-0.25, -0.2) is 4.98 Å². The number of furan rings is 1. The summed E-state index contributed by atoms with van der Waals surface area (Å²) in [6.07, 6.45) is 8.23. The predicted octanol–water partition coefficient (Wildman–Crippen LogP) is 3.35. The number of piperidine rings is 1. The summed E-state index contributed by atoms with van der Waals surface area (Å²) < 4.78 is 6.32. The Morgan fingerprint density at radius 2 is 2.08 bits per heavy atom. The molecule has 7 heteroatoms. The van der Waals surface area contributed by atoms with E-state index in [1.54, 1.807) is 6.20 Å². The van der Waals surface area contributed by atoms with Crippen molar-refractivity contribution in [3.63, 3.8) is 0 Å². The lowest BCUT2D eigenvalue weighted by atomic mass is 9.89. The largest absolute Gasteiger partial charge is 0.439 e. The number of likely N-dealkylation sites (tertiary alicyclic amines) is 1. The molecule has 25 heavy (non-hydrogen) atoms. The number of nitrogen functional groups attached to an aromatic ring is 1. The van der Waals surface area contributed by atoms with Gasteiger partial charge in [-0.15, -0.1) is 0 Å². The fourth-order valence-corrected chi connectivity index (χ4v) is 4.72. The number of aromatic nitrogens is 1. The summed E-state index contributed by atoms with van der Waals surface area (Å²) in [7, 11) is 0. The third-order valence-corrected chi connectivity index (χ3v) is 6.32. The van der Waals surface area contributed by atoms with Gasteiger partial charge < -0.3 is 20.6 Å². The van der Waals surface area contributed by atoms with Crippen molar-refractivity contribution in [2.24, 2.45) is 0 Å². The van der Waals surface area contributed by atoms with Crippen LogP contribution in [0.1, 0.15) is 38.5 Å². The summed E-state index contributed by atoms with van der Waals surface area (Å²) in [4.78, 5) is 6.97. The van der Waals surface area contributed by atoms with Crippen LogP contribution >= 0.6 is 15.9 Å². The molecule has 4 rings (SSSR count). The zero-order valence-electron chi connectivity index (χ0n) is 14.2. The minimum Gasteiger partial charge on any atom is -0.439 e. The topological polar surface area (TPSA) is 87.5 Å². The molecule has 0 radical (unpaired) electrons. The Kier molecular flexibility index (Phi) is 4.88. The number of pyridine rings is 1. The maximum Gasteiger partial charge on any atom is 0.191 e. The van der Waals surface area contributed by atoms with E-state index >= 15 is 0 Å². The molecule has 2 aromatic rings. The first-order valence-corrected chi connectivity index (χ1v) is 9.91. The highest BCUT2D eigenvalue weighted by molar-refractivity contribution is 9.10. The van der Waals surface area contributed by atoms with Crippen LogP contribution in [0, 0.1) is 0 Å². The average molecular weight is 409 g/mol. The first-order chi connectivity index (χ1) is 12.1. The Morgan fingerprint density at radius 3 is 2.84 bits per heavy atom. The van der Waals surface area contributed by atoms with E-state index in [2.05, 4.69) is 31.1 Å². The molecule has 4 N–H and O–H groups in total. The van der Waals surface area contributed by atoms with Gasteiger partial charge in [0.1, 0.15) is 5.82 Å². The second kappa shape index (κ2) is 7.13. The molecule has 1 aliphatic carbocycles. The fraction of sp³-hybridized carbons (Fsp3) is 0.611. The maximum atomic E-state index is 9.89. The third-order valence-electron chi connectivity index (χ3n) is 5.52. The number of nitrogens with zero attached hydrogens (tertiary/aromatic N) is 2. The van der Waals surface area contributed by atoms with Crippen molar-refractivity contribution in [2.45, 2.75) is 56.7 Å². The molecule has 1 saturated heterocycles. The van der Waals surface area contributed by atoms with Crippen LogP contribution in [0.5, 0.6) is 0 Å². The first-order valence-electron chi connectivity index (χ1n) is 9.12. The highest BCUT2D eigenvalue weighted by atomic mass is 79.9. The molecule has 1 aliphatic heterocycles. The van der Waals surface area contributed by atoms with Crippen molar-refractivity contribution in [1.82, 2.24) is 9.88 Å². The van der Waals surface area contributed by atoms with Crippen LogP contribution in [0.3, 0.4) is 0 Å². The number of hydrogen-bond donors (Lipinski definition) is 3. The molecule has 0 amide bonds. The van der Waals surface area contributed by atoms with Crippen LogP contribution in [0.25, 0.3) is 11.0 Å². The van der Waals surface area contributed by atoms with Gasteiger partial charge in [0.05, 0.1) is 16.8 Å². The number of nitrogens with two attached hydrogens (primary N) is 1. The minimum absolute atomic E-state index is 0.140. The average Bonchev–Trinajstić information content (AvgIpc) is 2.99. The smallest absolute Gasteiger partial charge is 0.191 e. The van der Waals surface area contributed by atoms with Crippen molar-refractivity contribution < 1.29 is 9.52 Å². The van der Waals surface area contributed by atoms with Crippen molar-refractivity contribution >= 4 is 38.6 Å². The second-order valence-corrected chi connectivity index (χ2v) is 8.08. The van der Waals surface area contributed by atoms with Crippen LogP contribution in [-0.4, -0.2) is 46.3 Å². The lowest BCUT2D eigenvalue weighted by Crippen LogP contribution is -2.47. The van der Waals surface area contributed by atoms with Crippen molar-refractivity contribution in [3.8, 4) is 0 Å². The zero-order chi connectivity index (χ0) is 17.4. The molecule has 0 bridgehead atoms. The van der Waals surface area contributed by atoms with E-state index in [-0.39, 0.29) is 6.10 Å². The molecule has 1 atom stereocenters. The maximum absolute atomic E-state index is 9.89. The number of rotatable bonds is 3. The molecule has 136 valence electrons. The lowest BCUT2D eigenvalue weighted by Gasteiger charge is -2.40. The minimum atomic E-state index is -0.140. The summed E-state index contributed by atoms with van der Waals surface area (Å²) in [6.45, 7) is 1.97. The molecule has 2 aromatic heterocycles. The van der Waals surface area contributed by atoms with Gasteiger partial charge in [-0.3, -0.25) is 4.90 Å². The Labute approximate surface area is 155 Å². The van der Waals surface area contributed by atoms with E-state index in [1.807, 2.05) is 6.07 Å². The Hall–Kier alpha value is -1.31. The number of anilines is 2. The predicted molar refractivity (Wildman–Crippen MR) is 103 cm³/mol. The number of fused-ring (bicyclic) bond motifs is 1. The van der Waals surface area contributed by atoms with Crippen molar-refractivity contribution in [1.29, 1.82) is 0 Å². The first kappa shape index (κ1) is 17.1. The molecule has 0 aromatic carbocycles. The number of aliphatic hydroxyl groups is 1. The standard InChI is InChI=1S/C18H25BrN4O2/c19-17-14-8-16(20)25-15(14)9-21-18(17)22-11-3-5-12(6-4-11)23-7-1-2-13(24)10-23/h8-9,11-13,24H,1-7,10,20H2,(H,21,22)/t11?,12?,13-/m1/s1. The van der Waals surface area contributed by atoms with Crippen LogP contribution in [0.15, 0.2) is 21.2 Å². The molecule has 0 spiro atoms. The van der Waals surface area contributed by atoms with Crippen molar-refractivity contribution in [2.75, 3.05) is 24.1 Å². The van der Waals surface area contributed by atoms with E-state index < -0.39 is 0 Å². The quantitative estimate of drug-likeness (QED) is 0.721. The summed E-state index contributed by atoms with van der Waals surface area (Å²) in [5.41, 5.74) is 6.43. The molecule has 3 heterocycles. The summed E-state index contributed by atoms with van der Waals surface area (Å²) >= 11 is 3.63. The number of halogens is 1. The van der Waals surface area contributed by atoms with E-state index in [4.69, 9.17) is 10.2 Å². The van der Waals surface area contributed by atoms with E-state index in [0.717, 1.165) is 54.4 Å². The summed E-state index contributed by atoms with van der Waals surface area (Å²) in [6, 6.07) is 2.86. The van der Waals surface area contributed by atoms with E-state index in [1.165, 1.54) is 12.8 Å². The van der Waals surface area contributed by atoms with Gasteiger partial charge >= 0.3 is 0 Å². The van der Waals surface area contributed by atoms with Crippen LogP contribution in [-0.2, 0) is 0 Å². The van der Waals surface area contributed by atoms with Crippen LogP contribution in [0.2, 0.25) is 0 Å². The highest BCUT2D eigenvalue weighted by Crippen LogP contribution is 2.34. The highest BCUT2D eigenvalue weighted by Gasteiger charge is 2.29. The van der Waals surface area contributed by atoms with Crippen LogP contribution < -0.4 is 11.1 Å². The normalized spacial score (nSPS) is 28.3. The number of nitrogens with one attached hydrogen (secondary N) is 1. The van der Waals surface area contributed by atoms with E-state index in [9.17, 15) is 5.11 Å². The van der Waals surface area contributed by atoms with Crippen LogP contribution in [0.4, 0.5) is 11.7 Å². The van der Waals surface area contributed by atoms with Gasteiger partial charge in [0.2, 0.25) is 0 Å². The van der Waals surface area contributed by atoms with Gasteiger partial charge in [0, 0.05) is 30.1 Å². The Morgan fingerprint density at radius 1 is 1.28 bits per heavy atom. The SMILES string of the molecule is Nc1cc2c(Br)c(NC3CCC(N4CCC[C@@H](O)C4)CC3)ncc2o1. The van der Waals surface area contributed by atoms with Gasteiger partial charge in [0.25, 0.3) is 0 Å². The fourth-order valence-electron chi connectivity index (χ4n) is 4.19. The molecular formula is C18H25BrN4O2. The van der Waals surface area contributed by atoms with Gasteiger partial charge in [-0.1, -0.05) is 0 Å². The second-order valence-electron chi connectivity index (χ2n) is 7.29. The van der Waals surface area contributed by atoms with Gasteiger partial charge in [-0.2, -0.15) is 0 Å². The summed E-state index contributed by atoms with van der Waals surface area (Å²) in [5, 5.41) is 14.4. The van der Waals surface area contributed by atoms with Gasteiger partial charge in [0.15, 0.2) is 11.5 Å². The number of hydrogen-bond acceptors (Lipinski definition) is 6.